The number of hydrogen-bond donors (Lipinski definition) is 2. The molecule has 1 saturated heterocycles. The number of nitrogens with zero attached hydrogens (tertiary/aromatic N) is 1. The van der Waals surface area contributed by atoms with Crippen molar-refractivity contribution in [3.63, 3.8) is 0 Å². The summed E-state index contributed by atoms with van der Waals surface area (Å²) in [5, 5.41) is 3.08. The molecule has 2 rings (SSSR count). The lowest BCUT2D eigenvalue weighted by molar-refractivity contribution is -0.126. The Morgan fingerprint density at radius 1 is 1.17 bits per heavy atom. The van der Waals surface area contributed by atoms with Crippen LogP contribution >= 0.6 is 0 Å². The van der Waals surface area contributed by atoms with Crippen LogP contribution in [0.15, 0.2) is 0 Å². The van der Waals surface area contributed by atoms with Crippen LogP contribution < -0.4 is 11.1 Å². The molecule has 2 fully saturated rings. The zero-order chi connectivity index (χ0) is 12.8. The van der Waals surface area contributed by atoms with E-state index in [4.69, 9.17) is 5.73 Å². The van der Waals surface area contributed by atoms with Crippen molar-refractivity contribution in [1.29, 1.82) is 0 Å². The molecule has 0 bridgehead atoms. The van der Waals surface area contributed by atoms with Crippen molar-refractivity contribution in [3.05, 3.63) is 0 Å². The number of nitrogens with two attached hydrogens (primary N) is 1. The van der Waals surface area contributed by atoms with Crippen molar-refractivity contribution >= 4 is 5.91 Å². The summed E-state index contributed by atoms with van der Waals surface area (Å²) in [6, 6.07) is 0.233. The van der Waals surface area contributed by atoms with E-state index in [-0.39, 0.29) is 17.9 Å². The Labute approximate surface area is 110 Å². The predicted molar refractivity (Wildman–Crippen MR) is 73.2 cm³/mol. The maximum Gasteiger partial charge on any atom is 0.223 e. The molecule has 1 aliphatic heterocycles. The average molecular weight is 253 g/mol. The molecule has 1 aliphatic carbocycles. The van der Waals surface area contributed by atoms with Crippen LogP contribution in [0.1, 0.15) is 44.9 Å². The van der Waals surface area contributed by atoms with Gasteiger partial charge in [0.25, 0.3) is 0 Å². The highest BCUT2D eigenvalue weighted by Gasteiger charge is 2.25. The zero-order valence-corrected chi connectivity index (χ0v) is 11.4. The first-order valence-corrected chi connectivity index (χ1v) is 7.51. The molecule has 18 heavy (non-hydrogen) atoms. The van der Waals surface area contributed by atoms with Crippen LogP contribution in [0, 0.1) is 5.92 Å². The fraction of sp³-hybridized carbons (Fsp3) is 0.929. The molecule has 0 aromatic carbocycles. The van der Waals surface area contributed by atoms with Crippen molar-refractivity contribution in [2.24, 2.45) is 11.7 Å². The van der Waals surface area contributed by atoms with Gasteiger partial charge >= 0.3 is 0 Å². The minimum atomic E-state index is 0.162. The van der Waals surface area contributed by atoms with E-state index in [0.29, 0.717) is 0 Å². The molecule has 0 aromatic rings. The second kappa shape index (κ2) is 7.10. The Hall–Kier alpha value is -0.610. The molecule has 1 amide bonds. The second-order valence-corrected chi connectivity index (χ2v) is 5.82. The van der Waals surface area contributed by atoms with Crippen LogP contribution in [0.4, 0.5) is 0 Å². The molecule has 4 heteroatoms. The molecule has 2 unspecified atom stereocenters. The van der Waals surface area contributed by atoms with Gasteiger partial charge in [-0.3, -0.25) is 4.79 Å². The van der Waals surface area contributed by atoms with E-state index in [1.165, 1.54) is 32.4 Å². The van der Waals surface area contributed by atoms with Gasteiger partial charge < -0.3 is 16.0 Å². The molecule has 1 saturated carbocycles. The van der Waals surface area contributed by atoms with Crippen molar-refractivity contribution in [3.8, 4) is 0 Å². The van der Waals surface area contributed by atoms with Gasteiger partial charge in [0.05, 0.1) is 0 Å². The van der Waals surface area contributed by atoms with Crippen molar-refractivity contribution < 1.29 is 4.79 Å². The lowest BCUT2D eigenvalue weighted by atomic mass is 9.85. The van der Waals surface area contributed by atoms with Gasteiger partial charge in [0.2, 0.25) is 5.91 Å². The third kappa shape index (κ3) is 4.25. The van der Waals surface area contributed by atoms with Crippen molar-refractivity contribution in [2.45, 2.75) is 51.0 Å². The number of likely N-dealkylation sites (tertiary alicyclic amines) is 1. The number of carbonyl (C=O) groups excluding carboxylic acids is 1. The summed E-state index contributed by atoms with van der Waals surface area (Å²) >= 11 is 0. The largest absolute Gasteiger partial charge is 0.355 e. The van der Waals surface area contributed by atoms with Gasteiger partial charge in [0, 0.05) is 25.0 Å². The first kappa shape index (κ1) is 13.8. The maximum atomic E-state index is 12.0. The Morgan fingerprint density at radius 3 is 2.67 bits per heavy atom. The van der Waals surface area contributed by atoms with Gasteiger partial charge in [-0.25, -0.2) is 0 Å². The minimum absolute atomic E-state index is 0.162. The molecule has 0 spiro atoms. The standard InChI is InChI=1S/C14H27N3O/c15-13-6-4-5-12(11-13)14(18)16-7-10-17-8-2-1-3-9-17/h12-13H,1-11,15H2,(H,16,18). The third-order valence-corrected chi connectivity index (χ3v) is 4.26. The molecule has 2 aliphatic rings. The highest BCUT2D eigenvalue weighted by atomic mass is 16.1. The highest BCUT2D eigenvalue weighted by molar-refractivity contribution is 5.78. The lowest BCUT2D eigenvalue weighted by Crippen LogP contribution is -2.41. The maximum absolute atomic E-state index is 12.0. The minimum Gasteiger partial charge on any atom is -0.355 e. The summed E-state index contributed by atoms with van der Waals surface area (Å²) in [4.78, 5) is 14.5. The van der Waals surface area contributed by atoms with E-state index in [1.807, 2.05) is 0 Å². The highest BCUT2D eigenvalue weighted by Crippen LogP contribution is 2.22. The average Bonchev–Trinajstić information content (AvgIpc) is 2.40. The second-order valence-electron chi connectivity index (χ2n) is 5.82. The van der Waals surface area contributed by atoms with E-state index in [2.05, 4.69) is 10.2 Å². The SMILES string of the molecule is NC1CCCC(C(=O)NCCN2CCCCC2)C1. The summed E-state index contributed by atoms with van der Waals surface area (Å²) in [5.41, 5.74) is 5.92. The number of rotatable bonds is 4. The Bertz CT molecular complexity index is 264. The van der Waals surface area contributed by atoms with Crippen LogP contribution in [0.3, 0.4) is 0 Å². The first-order chi connectivity index (χ1) is 8.75. The van der Waals surface area contributed by atoms with Gasteiger partial charge in [0.1, 0.15) is 0 Å². The quantitative estimate of drug-likeness (QED) is 0.789. The molecular weight excluding hydrogens is 226 g/mol. The van der Waals surface area contributed by atoms with Gasteiger partial charge in [-0.2, -0.15) is 0 Å². The molecular formula is C14H27N3O. The third-order valence-electron chi connectivity index (χ3n) is 4.26. The number of carbonyl (C=O) groups is 1. The number of piperidine rings is 1. The first-order valence-electron chi connectivity index (χ1n) is 7.51. The van der Waals surface area contributed by atoms with E-state index < -0.39 is 0 Å². The molecule has 4 nitrogen and oxygen atoms in total. The Balaban J connectivity index is 1.61. The lowest BCUT2D eigenvalue weighted by Gasteiger charge is -2.28. The van der Waals surface area contributed by atoms with Gasteiger partial charge in [0.15, 0.2) is 0 Å². The van der Waals surface area contributed by atoms with Crippen LogP contribution in [0.5, 0.6) is 0 Å². The predicted octanol–water partition coefficient (Wildman–Crippen LogP) is 1.11. The fourth-order valence-corrected chi connectivity index (χ4v) is 3.13. The molecule has 2 atom stereocenters. The number of nitrogens with one attached hydrogen (secondary N) is 1. The van der Waals surface area contributed by atoms with Crippen molar-refractivity contribution in [1.82, 2.24) is 10.2 Å². The van der Waals surface area contributed by atoms with Crippen molar-refractivity contribution in [2.75, 3.05) is 26.2 Å². The zero-order valence-electron chi connectivity index (χ0n) is 11.4. The molecule has 0 radical (unpaired) electrons. The number of hydrogen-bond acceptors (Lipinski definition) is 3. The summed E-state index contributed by atoms with van der Waals surface area (Å²) in [7, 11) is 0. The normalized spacial score (nSPS) is 30.1. The van der Waals surface area contributed by atoms with Crippen LogP contribution in [0.25, 0.3) is 0 Å². The van der Waals surface area contributed by atoms with E-state index in [1.54, 1.807) is 0 Å². The Kier molecular flexibility index (Phi) is 5.45. The van der Waals surface area contributed by atoms with E-state index >= 15 is 0 Å². The van der Waals surface area contributed by atoms with Crippen LogP contribution in [-0.4, -0.2) is 43.0 Å². The monoisotopic (exact) mass is 253 g/mol. The number of amides is 1. The summed E-state index contributed by atoms with van der Waals surface area (Å²) in [6.07, 6.45) is 8.06. The van der Waals surface area contributed by atoms with Gasteiger partial charge in [-0.05, 0) is 45.2 Å². The Morgan fingerprint density at radius 2 is 1.94 bits per heavy atom. The molecule has 104 valence electrons. The smallest absolute Gasteiger partial charge is 0.223 e. The summed E-state index contributed by atoms with van der Waals surface area (Å²) < 4.78 is 0. The van der Waals surface area contributed by atoms with Gasteiger partial charge in [-0.1, -0.05) is 12.8 Å². The summed E-state index contributed by atoms with van der Waals surface area (Å²) in [6.45, 7) is 4.20. The van der Waals surface area contributed by atoms with Crippen LogP contribution in [0.2, 0.25) is 0 Å². The molecule has 3 N–H and O–H groups in total. The molecule has 0 aromatic heterocycles. The van der Waals surface area contributed by atoms with Gasteiger partial charge in [-0.15, -0.1) is 0 Å². The van der Waals surface area contributed by atoms with E-state index in [9.17, 15) is 4.79 Å². The van der Waals surface area contributed by atoms with Crippen LogP contribution in [-0.2, 0) is 4.79 Å². The fourth-order valence-electron chi connectivity index (χ4n) is 3.13. The topological polar surface area (TPSA) is 58.4 Å². The van der Waals surface area contributed by atoms with E-state index in [0.717, 1.165) is 38.8 Å². The molecule has 1 heterocycles. The summed E-state index contributed by atoms with van der Waals surface area (Å²) in [5.74, 6) is 0.386.